The van der Waals surface area contributed by atoms with Gasteiger partial charge in [-0.15, -0.1) is 35.3 Å². The maximum Gasteiger partial charge on any atom is 0.191 e. The van der Waals surface area contributed by atoms with Crippen molar-refractivity contribution in [3.8, 4) is 0 Å². The van der Waals surface area contributed by atoms with Gasteiger partial charge in [-0.05, 0) is 64.1 Å². The number of nitrogens with one attached hydrogen (secondary N) is 2. The Morgan fingerprint density at radius 3 is 2.43 bits per heavy atom. The van der Waals surface area contributed by atoms with Crippen molar-refractivity contribution in [1.29, 1.82) is 0 Å². The first-order chi connectivity index (χ1) is 14.2. The molecule has 2 saturated heterocycles. The molecule has 0 aliphatic carbocycles. The number of nitrogens with zero attached hydrogens (tertiary/aromatic N) is 4. The number of rotatable bonds is 8. The van der Waals surface area contributed by atoms with Crippen LogP contribution in [0.5, 0.6) is 0 Å². The summed E-state index contributed by atoms with van der Waals surface area (Å²) in [5.41, 5.74) is 1.25. The Kier molecular flexibility index (Phi) is 11.9. The summed E-state index contributed by atoms with van der Waals surface area (Å²) in [6, 6.07) is 0.558. The number of aliphatic imine (C=N–C) groups is 1. The topological polar surface area (TPSA) is 55.8 Å². The summed E-state index contributed by atoms with van der Waals surface area (Å²) >= 11 is 1.80. The molecule has 3 rings (SSSR count). The van der Waals surface area contributed by atoms with Gasteiger partial charge in [0.15, 0.2) is 5.96 Å². The van der Waals surface area contributed by atoms with E-state index in [1.807, 2.05) is 7.05 Å². The molecule has 8 heteroatoms. The van der Waals surface area contributed by atoms with E-state index in [0.717, 1.165) is 31.4 Å². The van der Waals surface area contributed by atoms with Gasteiger partial charge in [0, 0.05) is 44.6 Å². The predicted molar refractivity (Wildman–Crippen MR) is 139 cm³/mol. The van der Waals surface area contributed by atoms with Gasteiger partial charge in [0.25, 0.3) is 0 Å². The van der Waals surface area contributed by atoms with E-state index in [2.05, 4.69) is 44.7 Å². The van der Waals surface area contributed by atoms with Gasteiger partial charge in [0.05, 0.1) is 10.7 Å². The maximum absolute atomic E-state index is 4.72. The second kappa shape index (κ2) is 13.9. The van der Waals surface area contributed by atoms with Gasteiger partial charge < -0.3 is 15.5 Å². The van der Waals surface area contributed by atoms with Crippen molar-refractivity contribution in [2.75, 3.05) is 46.3 Å². The van der Waals surface area contributed by atoms with E-state index >= 15 is 0 Å². The van der Waals surface area contributed by atoms with E-state index < -0.39 is 0 Å². The zero-order chi connectivity index (χ0) is 20.5. The molecule has 0 spiro atoms. The first-order valence-corrected chi connectivity index (χ1v) is 12.4. The molecule has 2 aliphatic heterocycles. The predicted octanol–water partition coefficient (Wildman–Crippen LogP) is 3.57. The minimum absolute atomic E-state index is 0. The van der Waals surface area contributed by atoms with Gasteiger partial charge in [-0.3, -0.25) is 9.89 Å². The maximum atomic E-state index is 4.72. The molecule has 2 fully saturated rings. The molecule has 0 bridgehead atoms. The van der Waals surface area contributed by atoms with Gasteiger partial charge in [-0.25, -0.2) is 4.98 Å². The standard InChI is InChI=1S/C22H40N6S.HI/c1-4-10-27-13-8-19(9-14-27)26-22(23-3)24-15-18-6-11-28(12-7-18)16-20-17-29-21(5-2)25-20;/h17-19H,4-16H2,1-3H3,(H2,23,24,26);1H. The van der Waals surface area contributed by atoms with Gasteiger partial charge in [0.1, 0.15) is 0 Å². The minimum atomic E-state index is 0. The number of hydrogen-bond acceptors (Lipinski definition) is 5. The fourth-order valence-electron chi connectivity index (χ4n) is 4.41. The molecular formula is C22H41IN6S. The van der Waals surface area contributed by atoms with Crippen LogP contribution in [0, 0.1) is 5.92 Å². The van der Waals surface area contributed by atoms with E-state index in [1.54, 1.807) is 11.3 Å². The summed E-state index contributed by atoms with van der Waals surface area (Å²) in [6.07, 6.45) is 7.24. The van der Waals surface area contributed by atoms with Crippen LogP contribution in [-0.2, 0) is 13.0 Å². The van der Waals surface area contributed by atoms with Crippen molar-refractivity contribution in [2.45, 2.75) is 65.0 Å². The molecule has 30 heavy (non-hydrogen) atoms. The highest BCUT2D eigenvalue weighted by Crippen LogP contribution is 2.19. The fourth-order valence-corrected chi connectivity index (χ4v) is 5.14. The molecule has 6 nitrogen and oxygen atoms in total. The number of likely N-dealkylation sites (tertiary alicyclic amines) is 2. The van der Waals surface area contributed by atoms with Crippen LogP contribution in [0.3, 0.4) is 0 Å². The lowest BCUT2D eigenvalue weighted by Crippen LogP contribution is -2.50. The van der Waals surface area contributed by atoms with Crippen molar-refractivity contribution in [3.05, 3.63) is 16.1 Å². The Morgan fingerprint density at radius 1 is 1.13 bits per heavy atom. The number of aromatic nitrogens is 1. The molecule has 0 saturated carbocycles. The van der Waals surface area contributed by atoms with E-state index in [0.29, 0.717) is 6.04 Å². The molecule has 172 valence electrons. The molecule has 2 aliphatic rings. The minimum Gasteiger partial charge on any atom is -0.356 e. The highest BCUT2D eigenvalue weighted by atomic mass is 127. The molecule has 0 unspecified atom stereocenters. The van der Waals surface area contributed by atoms with Crippen LogP contribution < -0.4 is 10.6 Å². The van der Waals surface area contributed by atoms with Crippen molar-refractivity contribution < 1.29 is 0 Å². The summed E-state index contributed by atoms with van der Waals surface area (Å²) in [4.78, 5) is 14.3. The number of piperidine rings is 2. The van der Waals surface area contributed by atoms with Crippen LogP contribution in [0.25, 0.3) is 0 Å². The number of hydrogen-bond donors (Lipinski definition) is 2. The summed E-state index contributed by atoms with van der Waals surface area (Å²) in [7, 11) is 1.89. The van der Waals surface area contributed by atoms with Gasteiger partial charge >= 0.3 is 0 Å². The highest BCUT2D eigenvalue weighted by molar-refractivity contribution is 14.0. The monoisotopic (exact) mass is 548 g/mol. The molecule has 0 atom stereocenters. The third-order valence-electron chi connectivity index (χ3n) is 6.24. The van der Waals surface area contributed by atoms with Crippen molar-refractivity contribution in [1.82, 2.24) is 25.4 Å². The Morgan fingerprint density at radius 2 is 1.83 bits per heavy atom. The fraction of sp³-hybridized carbons (Fsp3) is 0.818. The Hall–Kier alpha value is -0.450. The normalized spacial score (nSPS) is 20.2. The number of halogens is 1. The van der Waals surface area contributed by atoms with E-state index in [4.69, 9.17) is 4.98 Å². The molecular weight excluding hydrogens is 507 g/mol. The lowest BCUT2D eigenvalue weighted by Gasteiger charge is -2.34. The van der Waals surface area contributed by atoms with Gasteiger partial charge in [-0.1, -0.05) is 13.8 Å². The molecule has 0 aromatic carbocycles. The molecule has 0 radical (unpaired) electrons. The highest BCUT2D eigenvalue weighted by Gasteiger charge is 2.22. The van der Waals surface area contributed by atoms with Crippen LogP contribution >= 0.6 is 35.3 Å². The number of thiazole rings is 1. The third kappa shape index (κ3) is 8.24. The average molecular weight is 549 g/mol. The van der Waals surface area contributed by atoms with Crippen LogP contribution in [0.15, 0.2) is 10.4 Å². The lowest BCUT2D eigenvalue weighted by molar-refractivity contribution is 0.176. The lowest BCUT2D eigenvalue weighted by atomic mass is 9.97. The van der Waals surface area contributed by atoms with E-state index in [1.165, 1.54) is 75.5 Å². The molecule has 0 amide bonds. The van der Waals surface area contributed by atoms with Gasteiger partial charge in [-0.2, -0.15) is 0 Å². The second-order valence-corrected chi connectivity index (χ2v) is 9.46. The Labute approximate surface area is 204 Å². The number of guanidine groups is 1. The zero-order valence-electron chi connectivity index (χ0n) is 19.0. The van der Waals surface area contributed by atoms with Crippen LogP contribution in [-0.4, -0.2) is 73.1 Å². The molecule has 2 N–H and O–H groups in total. The van der Waals surface area contributed by atoms with E-state index in [9.17, 15) is 0 Å². The quantitative estimate of drug-likeness (QED) is 0.296. The molecule has 3 heterocycles. The summed E-state index contributed by atoms with van der Waals surface area (Å²) in [6.45, 7) is 12.5. The molecule has 1 aromatic heterocycles. The molecule has 1 aromatic rings. The van der Waals surface area contributed by atoms with Crippen molar-refractivity contribution >= 4 is 41.3 Å². The SMILES string of the molecule is CCCN1CCC(NC(=NC)NCC2CCN(Cc3csc(CC)n3)CC2)CC1.I. The first-order valence-electron chi connectivity index (χ1n) is 11.5. The Bertz CT molecular complexity index is 621. The first kappa shape index (κ1) is 25.8. The number of aryl methyl sites for hydroxylation is 1. The van der Waals surface area contributed by atoms with Crippen LogP contribution in [0.2, 0.25) is 0 Å². The van der Waals surface area contributed by atoms with Gasteiger partial charge in [0.2, 0.25) is 0 Å². The Balaban J connectivity index is 0.00000320. The summed E-state index contributed by atoms with van der Waals surface area (Å²) in [5, 5.41) is 10.7. The van der Waals surface area contributed by atoms with Crippen LogP contribution in [0.4, 0.5) is 0 Å². The van der Waals surface area contributed by atoms with Crippen molar-refractivity contribution in [3.63, 3.8) is 0 Å². The second-order valence-electron chi connectivity index (χ2n) is 8.52. The van der Waals surface area contributed by atoms with Crippen molar-refractivity contribution in [2.24, 2.45) is 10.9 Å². The summed E-state index contributed by atoms with van der Waals surface area (Å²) < 4.78 is 0. The largest absolute Gasteiger partial charge is 0.356 e. The zero-order valence-corrected chi connectivity index (χ0v) is 22.2. The smallest absolute Gasteiger partial charge is 0.191 e. The van der Waals surface area contributed by atoms with E-state index in [-0.39, 0.29) is 24.0 Å². The average Bonchev–Trinajstić information content (AvgIpc) is 3.21. The van der Waals surface area contributed by atoms with Crippen LogP contribution in [0.1, 0.15) is 56.7 Å². The summed E-state index contributed by atoms with van der Waals surface area (Å²) in [5.74, 6) is 1.72. The third-order valence-corrected chi connectivity index (χ3v) is 7.29.